The summed E-state index contributed by atoms with van der Waals surface area (Å²) in [5.74, 6) is -0.459. The summed E-state index contributed by atoms with van der Waals surface area (Å²) in [7, 11) is 0. The second kappa shape index (κ2) is 3.21. The zero-order valence-corrected chi connectivity index (χ0v) is 9.33. The summed E-state index contributed by atoms with van der Waals surface area (Å²) in [4.78, 5) is 11.0. The Morgan fingerprint density at radius 2 is 1.93 bits per heavy atom. The molecule has 2 unspecified atom stereocenters. The number of rotatable bonds is 2. The highest BCUT2D eigenvalue weighted by molar-refractivity contribution is 5.80. The number of primary amides is 1. The van der Waals surface area contributed by atoms with Gasteiger partial charge in [-0.1, -0.05) is 0 Å². The van der Waals surface area contributed by atoms with Gasteiger partial charge in [0, 0.05) is 5.92 Å². The summed E-state index contributed by atoms with van der Waals surface area (Å²) < 4.78 is 5.83. The summed E-state index contributed by atoms with van der Waals surface area (Å²) in [6.45, 7) is 7.91. The van der Waals surface area contributed by atoms with Crippen LogP contribution in [0, 0.1) is 5.92 Å². The van der Waals surface area contributed by atoms with E-state index in [2.05, 4.69) is 0 Å². The Morgan fingerprint density at radius 3 is 2.21 bits per heavy atom. The van der Waals surface area contributed by atoms with E-state index in [1.807, 2.05) is 27.7 Å². The topological polar surface area (TPSA) is 78.3 Å². The Hall–Kier alpha value is -0.610. The van der Waals surface area contributed by atoms with Gasteiger partial charge >= 0.3 is 0 Å². The van der Waals surface area contributed by atoms with Crippen molar-refractivity contribution in [1.29, 1.82) is 0 Å². The Morgan fingerprint density at radius 1 is 1.43 bits per heavy atom. The van der Waals surface area contributed by atoms with E-state index in [0.717, 1.165) is 6.42 Å². The van der Waals surface area contributed by atoms with E-state index in [9.17, 15) is 4.79 Å². The van der Waals surface area contributed by atoms with Crippen LogP contribution in [0.3, 0.4) is 0 Å². The molecule has 82 valence electrons. The molecule has 0 aliphatic carbocycles. The van der Waals surface area contributed by atoms with E-state index in [1.165, 1.54) is 0 Å². The van der Waals surface area contributed by atoms with Crippen LogP contribution in [0.2, 0.25) is 0 Å². The number of carbonyl (C=O) groups excluding carboxylic acids is 1. The lowest BCUT2D eigenvalue weighted by molar-refractivity contribution is -0.123. The average Bonchev–Trinajstić information content (AvgIpc) is 2.17. The Labute approximate surface area is 85.0 Å². The van der Waals surface area contributed by atoms with Gasteiger partial charge in [0.2, 0.25) is 5.91 Å². The van der Waals surface area contributed by atoms with E-state index in [0.29, 0.717) is 0 Å². The Kier molecular flexibility index (Phi) is 2.63. The largest absolute Gasteiger partial charge is 0.369 e. The third-order valence-corrected chi connectivity index (χ3v) is 2.91. The molecule has 0 radical (unpaired) electrons. The Bertz CT molecular complexity index is 249. The van der Waals surface area contributed by atoms with Crippen molar-refractivity contribution < 1.29 is 9.53 Å². The van der Waals surface area contributed by atoms with Crippen LogP contribution in [0.25, 0.3) is 0 Å². The first kappa shape index (κ1) is 11.5. The molecule has 4 nitrogen and oxygen atoms in total. The van der Waals surface area contributed by atoms with Crippen molar-refractivity contribution in [3.05, 3.63) is 0 Å². The zero-order chi connectivity index (χ0) is 11.1. The fraction of sp³-hybridized carbons (Fsp3) is 0.900. The molecular weight excluding hydrogens is 180 g/mol. The van der Waals surface area contributed by atoms with E-state index >= 15 is 0 Å². The number of amides is 1. The van der Waals surface area contributed by atoms with Gasteiger partial charge in [-0.3, -0.25) is 4.79 Å². The molecule has 1 amide bonds. The molecule has 14 heavy (non-hydrogen) atoms. The molecular formula is C10H20N2O2. The minimum absolute atomic E-state index is 0.00463. The molecule has 4 N–H and O–H groups in total. The molecule has 1 heterocycles. The first-order valence-corrected chi connectivity index (χ1v) is 4.91. The number of hydrogen-bond acceptors (Lipinski definition) is 3. The van der Waals surface area contributed by atoms with Gasteiger partial charge in [-0.25, -0.2) is 0 Å². The summed E-state index contributed by atoms with van der Waals surface area (Å²) in [6.07, 6.45) is 0.768. The number of ether oxygens (including phenoxy) is 1. The number of carbonyl (C=O) groups is 1. The third kappa shape index (κ3) is 2.07. The second-order valence-corrected chi connectivity index (χ2v) is 5.20. The lowest BCUT2D eigenvalue weighted by Crippen LogP contribution is -2.48. The van der Waals surface area contributed by atoms with Crippen LogP contribution in [0.5, 0.6) is 0 Å². The van der Waals surface area contributed by atoms with Crippen LogP contribution in [0.15, 0.2) is 0 Å². The van der Waals surface area contributed by atoms with Crippen LogP contribution >= 0.6 is 0 Å². The van der Waals surface area contributed by atoms with Gasteiger partial charge in [-0.15, -0.1) is 0 Å². The molecule has 0 aromatic heterocycles. The molecule has 0 aromatic rings. The minimum atomic E-state index is -0.619. The van der Waals surface area contributed by atoms with Gasteiger partial charge in [0.1, 0.15) is 0 Å². The van der Waals surface area contributed by atoms with Gasteiger partial charge < -0.3 is 16.2 Å². The molecule has 4 heteroatoms. The fourth-order valence-electron chi connectivity index (χ4n) is 2.36. The third-order valence-electron chi connectivity index (χ3n) is 2.91. The van der Waals surface area contributed by atoms with Gasteiger partial charge in [0.15, 0.2) is 0 Å². The summed E-state index contributed by atoms with van der Waals surface area (Å²) >= 11 is 0. The first-order chi connectivity index (χ1) is 6.16. The highest BCUT2D eigenvalue weighted by Gasteiger charge is 2.49. The molecule has 1 aliphatic heterocycles. The molecule has 0 bridgehead atoms. The van der Waals surface area contributed by atoms with Crippen molar-refractivity contribution in [2.75, 3.05) is 0 Å². The van der Waals surface area contributed by atoms with E-state index in [4.69, 9.17) is 16.2 Å². The van der Waals surface area contributed by atoms with E-state index in [1.54, 1.807) is 0 Å². The molecule has 0 saturated carbocycles. The molecule has 2 atom stereocenters. The summed E-state index contributed by atoms with van der Waals surface area (Å²) in [5.41, 5.74) is 10.4. The first-order valence-electron chi connectivity index (χ1n) is 4.91. The SMILES string of the molecule is CC1(C)CC(C(N)C(N)=O)C(C)(C)O1. The highest BCUT2D eigenvalue weighted by Crippen LogP contribution is 2.42. The van der Waals surface area contributed by atoms with Crippen LogP contribution < -0.4 is 11.5 Å². The molecule has 1 rings (SSSR count). The summed E-state index contributed by atoms with van der Waals surface area (Å²) in [6, 6.07) is -0.619. The Balaban J connectivity index is 2.85. The smallest absolute Gasteiger partial charge is 0.234 e. The standard InChI is InChI=1S/C10H20N2O2/c1-9(2)5-6(7(11)8(12)13)10(3,4)14-9/h6-7H,5,11H2,1-4H3,(H2,12,13). The minimum Gasteiger partial charge on any atom is -0.369 e. The molecule has 1 saturated heterocycles. The number of nitrogens with two attached hydrogens (primary N) is 2. The molecule has 0 aromatic carbocycles. The second-order valence-electron chi connectivity index (χ2n) is 5.20. The zero-order valence-electron chi connectivity index (χ0n) is 9.33. The van der Waals surface area contributed by atoms with Crippen molar-refractivity contribution >= 4 is 5.91 Å². The fourth-order valence-corrected chi connectivity index (χ4v) is 2.36. The lowest BCUT2D eigenvalue weighted by Gasteiger charge is -2.29. The van der Waals surface area contributed by atoms with Gasteiger partial charge in [0.25, 0.3) is 0 Å². The quantitative estimate of drug-likeness (QED) is 0.677. The maximum atomic E-state index is 11.0. The monoisotopic (exact) mass is 200 g/mol. The molecule has 0 spiro atoms. The van der Waals surface area contributed by atoms with Crippen molar-refractivity contribution in [1.82, 2.24) is 0 Å². The highest BCUT2D eigenvalue weighted by atomic mass is 16.5. The molecule has 1 aliphatic rings. The van der Waals surface area contributed by atoms with Crippen LogP contribution in [-0.2, 0) is 9.53 Å². The van der Waals surface area contributed by atoms with Crippen LogP contribution in [0.1, 0.15) is 34.1 Å². The predicted octanol–water partition coefficient (Wildman–Crippen LogP) is 0.393. The molecule has 1 fully saturated rings. The van der Waals surface area contributed by atoms with Gasteiger partial charge in [0.05, 0.1) is 17.2 Å². The van der Waals surface area contributed by atoms with Crippen LogP contribution in [0.4, 0.5) is 0 Å². The van der Waals surface area contributed by atoms with Crippen molar-refractivity contribution in [2.24, 2.45) is 17.4 Å². The van der Waals surface area contributed by atoms with E-state index in [-0.39, 0.29) is 17.1 Å². The van der Waals surface area contributed by atoms with Crippen molar-refractivity contribution in [3.8, 4) is 0 Å². The van der Waals surface area contributed by atoms with Crippen molar-refractivity contribution in [3.63, 3.8) is 0 Å². The predicted molar refractivity (Wildman–Crippen MR) is 54.5 cm³/mol. The number of hydrogen-bond donors (Lipinski definition) is 2. The van der Waals surface area contributed by atoms with E-state index < -0.39 is 11.9 Å². The lowest BCUT2D eigenvalue weighted by atomic mass is 9.82. The van der Waals surface area contributed by atoms with Gasteiger partial charge in [-0.2, -0.15) is 0 Å². The maximum Gasteiger partial charge on any atom is 0.234 e. The van der Waals surface area contributed by atoms with Crippen LogP contribution in [-0.4, -0.2) is 23.2 Å². The van der Waals surface area contributed by atoms with Gasteiger partial charge in [-0.05, 0) is 34.1 Å². The van der Waals surface area contributed by atoms with Crippen molar-refractivity contribution in [2.45, 2.75) is 51.4 Å². The average molecular weight is 200 g/mol. The normalized spacial score (nSPS) is 31.4. The summed E-state index contributed by atoms with van der Waals surface area (Å²) in [5, 5.41) is 0. The maximum absolute atomic E-state index is 11.0.